The van der Waals surface area contributed by atoms with Crippen molar-refractivity contribution in [2.75, 3.05) is 24.6 Å². The van der Waals surface area contributed by atoms with Crippen LogP contribution in [-0.2, 0) is 89.6 Å². The summed E-state index contributed by atoms with van der Waals surface area (Å²) in [6.07, 6.45) is -3.16. The summed E-state index contributed by atoms with van der Waals surface area (Å²) in [5.74, 6) is -15.7. The zero-order valence-corrected chi connectivity index (χ0v) is 54.8. The summed E-state index contributed by atoms with van der Waals surface area (Å²) in [4.78, 5) is 213. The monoisotopic (exact) mass is 1390 g/mol. The van der Waals surface area contributed by atoms with Crippen molar-refractivity contribution < 1.29 is 102 Å². The molecule has 2 aromatic carbocycles. The molecule has 2 heterocycles. The number of likely N-dealkylation sites (tertiary alicyclic amines) is 1. The van der Waals surface area contributed by atoms with Gasteiger partial charge in [0.25, 0.3) is 0 Å². The van der Waals surface area contributed by atoms with Crippen molar-refractivity contribution in [1.82, 2.24) is 68.7 Å². The third-order valence-electron chi connectivity index (χ3n) is 14.9. The molecule has 2 aliphatic heterocycles. The van der Waals surface area contributed by atoms with Crippen LogP contribution in [-0.4, -0.2) is 235 Å². The van der Waals surface area contributed by atoms with Crippen molar-refractivity contribution in [3.05, 3.63) is 59.7 Å². The normalized spacial score (nSPS) is 22.0. The standard InChI is InChI=1S/C59H82N14O21S2/c1-27(48(82)70-41(59(93)94)23-34-11-15-36(77)16-12-34)62-44(78)24-61-57(91)46(32(6)75)72-51(85)31(5)63-47(81)28(2)66-56(90)43-8-7-20-73(43)58(92)39(19-21-74)68-55(89)42-26-96-95-25-37(60)52(86)64-29(3)49(83)67-38(17-18-45(79)80)53(87)69-40(22-33-9-13-35(76)14-10-33)54(88)65-30(4)50(84)71-42/h9-16,21,27-32,37-43,46,75-77H,7-8,17-20,22-26,60H2,1-6H3,(H,61,91)(H,62,78)(H,63,81)(H,64,86)(H,65,88)(H,66,90)(H,67,83)(H,68,89)(H,69,87)(H,70,82)(H,71,84)(H,72,85)(H,79,80)(H,93,94)/t27-,28+,29+,30-,31+,32?,37+,38+,39+,40+,41+,42+,43+,46+/m1/s1. The molecule has 0 aliphatic carbocycles. The summed E-state index contributed by atoms with van der Waals surface area (Å²) >= 11 is 0. The number of hydrogen-bond donors (Lipinski definition) is 18. The lowest BCUT2D eigenvalue weighted by atomic mass is 10.0. The first-order valence-electron chi connectivity index (χ1n) is 30.2. The number of aliphatic carboxylic acids is 2. The Morgan fingerprint density at radius 1 is 0.625 bits per heavy atom. The van der Waals surface area contributed by atoms with Crippen molar-refractivity contribution in [2.45, 2.75) is 171 Å². The summed E-state index contributed by atoms with van der Waals surface area (Å²) < 4.78 is 0. The number of phenolic OH excluding ortho intramolecular Hbond substituents is 2. The van der Waals surface area contributed by atoms with Crippen LogP contribution in [0.2, 0.25) is 0 Å². The van der Waals surface area contributed by atoms with Gasteiger partial charge in [-0.1, -0.05) is 45.9 Å². The second kappa shape index (κ2) is 38.1. The Labute approximate surface area is 558 Å². The first-order valence-corrected chi connectivity index (χ1v) is 32.7. The van der Waals surface area contributed by atoms with Gasteiger partial charge < -0.3 is 105 Å². The van der Waals surface area contributed by atoms with Crippen molar-refractivity contribution in [2.24, 2.45) is 5.73 Å². The summed E-state index contributed by atoms with van der Waals surface area (Å²) in [5.41, 5.74) is 6.99. The van der Waals surface area contributed by atoms with Gasteiger partial charge in [-0.2, -0.15) is 0 Å². The van der Waals surface area contributed by atoms with E-state index in [9.17, 15) is 102 Å². The summed E-state index contributed by atoms with van der Waals surface area (Å²) in [6, 6.07) is -7.91. The number of nitrogens with zero attached hydrogens (tertiary/aromatic N) is 1. The molecule has 19 N–H and O–H groups in total. The quantitative estimate of drug-likeness (QED) is 0.0308. The number of aromatic hydroxyl groups is 2. The fourth-order valence-corrected chi connectivity index (χ4v) is 11.6. The van der Waals surface area contributed by atoms with E-state index in [4.69, 9.17) is 5.73 Å². The first kappa shape index (κ1) is 78.8. The van der Waals surface area contributed by atoms with E-state index in [1.54, 1.807) is 0 Å². The molecule has 96 heavy (non-hydrogen) atoms. The minimum absolute atomic E-state index is 0.0364. The summed E-state index contributed by atoms with van der Waals surface area (Å²) in [6.45, 7) is 6.49. The average Bonchev–Trinajstić information content (AvgIpc) is 1.59. The Kier molecular flexibility index (Phi) is 31.3. The number of carboxylic acid groups (broad SMARTS) is 2. The number of hydrogen-bond acceptors (Lipinski definition) is 22. The molecule has 0 bridgehead atoms. The molecule has 526 valence electrons. The van der Waals surface area contributed by atoms with Crippen LogP contribution in [0.5, 0.6) is 11.5 Å². The number of rotatable bonds is 26. The van der Waals surface area contributed by atoms with Crippen LogP contribution < -0.4 is 69.5 Å². The zero-order chi connectivity index (χ0) is 71.7. The Hall–Kier alpha value is -9.62. The largest absolute Gasteiger partial charge is 0.508 e. The number of carboxylic acids is 2. The highest BCUT2D eigenvalue weighted by atomic mass is 33.1. The van der Waals surface area contributed by atoms with E-state index < -0.39 is 199 Å². The molecule has 2 saturated heterocycles. The van der Waals surface area contributed by atoms with Crippen molar-refractivity contribution in [3.8, 4) is 11.5 Å². The molecule has 0 saturated carbocycles. The third kappa shape index (κ3) is 25.3. The number of benzene rings is 2. The molecular formula is C59H82N14O21S2. The van der Waals surface area contributed by atoms with Gasteiger partial charge in [0.05, 0.1) is 18.7 Å². The average molecular weight is 1390 g/mol. The Morgan fingerprint density at radius 2 is 1.16 bits per heavy atom. The van der Waals surface area contributed by atoms with Gasteiger partial charge in [-0.05, 0) is 96.2 Å². The van der Waals surface area contributed by atoms with Gasteiger partial charge in [0.15, 0.2) is 0 Å². The molecule has 35 nitrogen and oxygen atoms in total. The lowest BCUT2D eigenvalue weighted by molar-refractivity contribution is -0.143. The van der Waals surface area contributed by atoms with Gasteiger partial charge in [0.1, 0.15) is 90.3 Å². The second-order valence-electron chi connectivity index (χ2n) is 22.7. The van der Waals surface area contributed by atoms with Crippen molar-refractivity contribution in [1.29, 1.82) is 0 Å². The molecular weight excluding hydrogens is 1300 g/mol. The fraction of sp³-hybridized carbons (Fsp3) is 0.525. The molecule has 2 aliphatic rings. The summed E-state index contributed by atoms with van der Waals surface area (Å²) in [7, 11) is 1.88. The molecule has 1 unspecified atom stereocenters. The molecule has 13 amide bonds. The molecule has 4 rings (SSSR count). The molecule has 2 fully saturated rings. The number of nitrogens with two attached hydrogens (primary N) is 1. The molecule has 14 atom stereocenters. The topological polar surface area (TPSA) is 548 Å². The van der Waals surface area contributed by atoms with Crippen LogP contribution >= 0.6 is 21.6 Å². The van der Waals surface area contributed by atoms with E-state index >= 15 is 0 Å². The number of aliphatic hydroxyl groups is 1. The van der Waals surface area contributed by atoms with E-state index in [1.165, 1.54) is 83.1 Å². The number of nitrogens with one attached hydrogen (secondary N) is 12. The van der Waals surface area contributed by atoms with Crippen LogP contribution in [0, 0.1) is 0 Å². The van der Waals surface area contributed by atoms with Gasteiger partial charge in [0.2, 0.25) is 76.8 Å². The van der Waals surface area contributed by atoms with Gasteiger partial charge in [-0.15, -0.1) is 0 Å². The predicted molar refractivity (Wildman–Crippen MR) is 341 cm³/mol. The zero-order valence-electron chi connectivity index (χ0n) is 53.2. The van der Waals surface area contributed by atoms with Crippen molar-refractivity contribution in [3.63, 3.8) is 0 Å². The van der Waals surface area contributed by atoms with E-state index in [0.717, 1.165) is 33.4 Å². The Bertz CT molecular complexity index is 3180. The molecule has 0 radical (unpaired) electrons. The minimum Gasteiger partial charge on any atom is -0.508 e. The van der Waals surface area contributed by atoms with Crippen LogP contribution in [0.25, 0.3) is 0 Å². The van der Waals surface area contributed by atoms with E-state index in [-0.39, 0.29) is 55.2 Å². The number of carbonyl (C=O) groups is 16. The lowest BCUT2D eigenvalue weighted by Crippen LogP contribution is -2.60. The molecule has 2 aromatic rings. The Morgan fingerprint density at radius 3 is 1.75 bits per heavy atom. The van der Waals surface area contributed by atoms with Gasteiger partial charge in [0, 0.05) is 43.7 Å². The maximum absolute atomic E-state index is 14.3. The highest BCUT2D eigenvalue weighted by molar-refractivity contribution is 8.76. The third-order valence-corrected chi connectivity index (χ3v) is 17.3. The van der Waals surface area contributed by atoms with Crippen LogP contribution in [0.3, 0.4) is 0 Å². The lowest BCUT2D eigenvalue weighted by Gasteiger charge is -2.30. The molecule has 37 heteroatoms. The van der Waals surface area contributed by atoms with Crippen LogP contribution in [0.15, 0.2) is 48.5 Å². The maximum Gasteiger partial charge on any atom is 0.326 e. The molecule has 0 aromatic heterocycles. The van der Waals surface area contributed by atoms with Gasteiger partial charge in [-0.3, -0.25) is 67.1 Å². The van der Waals surface area contributed by atoms with Crippen LogP contribution in [0.1, 0.15) is 84.8 Å². The van der Waals surface area contributed by atoms with E-state index in [0.29, 0.717) is 17.4 Å². The number of aliphatic hydroxyl groups excluding tert-OH is 1. The predicted octanol–water partition coefficient (Wildman–Crippen LogP) is -5.94. The number of aldehydes is 1. The Balaban J connectivity index is 1.40. The number of carbonyl (C=O) groups excluding carboxylic acids is 14. The maximum atomic E-state index is 14.3. The molecule has 0 spiro atoms. The van der Waals surface area contributed by atoms with Gasteiger partial charge >= 0.3 is 11.9 Å². The highest BCUT2D eigenvalue weighted by Gasteiger charge is 2.40. The fourth-order valence-electron chi connectivity index (χ4n) is 9.30. The SMILES string of the molecule is CC(O)[C@H](NC(=O)[C@H](C)NC(=O)[C@H](C)NC(=O)[C@@H]1CCCN1C(=O)[C@H](CC=O)NC(=O)[C@@H]1CSSC[C@H](N)C(=O)N[C@@H](C)C(=O)N[C@@H](CCC(=O)O)C(=O)N[C@@H](Cc2ccc(O)cc2)C(=O)N[C@H](C)C(=O)N1)C(=O)NCC(=O)N[C@H](C)C(=O)N[C@@H](Cc1ccc(O)cc1)C(=O)O. The number of amides is 13. The van der Waals surface area contributed by atoms with Crippen LogP contribution in [0.4, 0.5) is 0 Å². The van der Waals surface area contributed by atoms with Crippen molar-refractivity contribution >= 4 is 117 Å². The van der Waals surface area contributed by atoms with Gasteiger partial charge in [-0.25, -0.2) is 4.79 Å². The summed E-state index contributed by atoms with van der Waals surface area (Å²) in [5, 5.41) is 77.4. The van der Waals surface area contributed by atoms with E-state index in [1.807, 2.05) is 0 Å². The second-order valence-corrected chi connectivity index (χ2v) is 25.3. The highest BCUT2D eigenvalue weighted by Crippen LogP contribution is 2.24. The number of phenols is 2. The van der Waals surface area contributed by atoms with E-state index in [2.05, 4.69) is 63.8 Å². The smallest absolute Gasteiger partial charge is 0.326 e. The minimum atomic E-state index is -1.71. The first-order chi connectivity index (χ1) is 45.2.